The second kappa shape index (κ2) is 4.38. The van der Waals surface area contributed by atoms with Crippen molar-refractivity contribution in [1.29, 1.82) is 0 Å². The second-order valence-electron chi connectivity index (χ2n) is 3.75. The predicted octanol–water partition coefficient (Wildman–Crippen LogP) is 1.91. The number of hydrogen-bond acceptors (Lipinski definition) is 4. The average Bonchev–Trinajstić information content (AvgIpc) is 2.65. The third-order valence-corrected chi connectivity index (χ3v) is 3.57. The van der Waals surface area contributed by atoms with Crippen molar-refractivity contribution in [2.75, 3.05) is 13.2 Å². The first-order valence-corrected chi connectivity index (χ1v) is 5.83. The molecule has 0 bridgehead atoms. The van der Waals surface area contributed by atoms with E-state index in [0.717, 1.165) is 30.2 Å². The molecule has 0 spiro atoms. The standard InChI is InChI=1S/C10H15NO2S/c1-7-6-14-10(11-7)9(12)8-3-2-4-13-5-8/h6,8-9,12H,2-5H2,1H3. The molecule has 0 radical (unpaired) electrons. The summed E-state index contributed by atoms with van der Waals surface area (Å²) in [5.74, 6) is 0.231. The highest BCUT2D eigenvalue weighted by Gasteiger charge is 2.25. The lowest BCUT2D eigenvalue weighted by Crippen LogP contribution is -2.23. The molecular weight excluding hydrogens is 198 g/mol. The molecule has 14 heavy (non-hydrogen) atoms. The number of aliphatic hydroxyl groups is 1. The second-order valence-corrected chi connectivity index (χ2v) is 4.64. The van der Waals surface area contributed by atoms with E-state index in [1.165, 1.54) is 11.3 Å². The highest BCUT2D eigenvalue weighted by molar-refractivity contribution is 7.09. The van der Waals surface area contributed by atoms with Crippen LogP contribution in [0, 0.1) is 12.8 Å². The van der Waals surface area contributed by atoms with E-state index in [9.17, 15) is 5.11 Å². The molecule has 2 rings (SSSR count). The number of rotatable bonds is 2. The summed E-state index contributed by atoms with van der Waals surface area (Å²) >= 11 is 1.53. The molecule has 2 atom stereocenters. The van der Waals surface area contributed by atoms with Gasteiger partial charge in [-0.2, -0.15) is 0 Å². The number of aryl methyl sites for hydroxylation is 1. The molecule has 4 heteroatoms. The first-order chi connectivity index (χ1) is 6.77. The van der Waals surface area contributed by atoms with Crippen molar-refractivity contribution in [1.82, 2.24) is 4.98 Å². The zero-order chi connectivity index (χ0) is 9.97. The molecule has 1 aromatic heterocycles. The summed E-state index contributed by atoms with van der Waals surface area (Å²) in [6.45, 7) is 3.45. The van der Waals surface area contributed by atoms with Crippen LogP contribution in [0.2, 0.25) is 0 Å². The minimum absolute atomic E-state index is 0.231. The Morgan fingerprint density at radius 1 is 1.71 bits per heavy atom. The van der Waals surface area contributed by atoms with Crippen LogP contribution >= 0.6 is 11.3 Å². The van der Waals surface area contributed by atoms with Gasteiger partial charge in [-0.1, -0.05) is 0 Å². The van der Waals surface area contributed by atoms with Gasteiger partial charge in [-0.25, -0.2) is 4.98 Å². The number of aromatic nitrogens is 1. The maximum atomic E-state index is 10.0. The van der Waals surface area contributed by atoms with E-state index in [1.807, 2.05) is 12.3 Å². The smallest absolute Gasteiger partial charge is 0.122 e. The van der Waals surface area contributed by atoms with Crippen LogP contribution in [0.5, 0.6) is 0 Å². The van der Waals surface area contributed by atoms with Crippen LogP contribution in [0.1, 0.15) is 29.6 Å². The van der Waals surface area contributed by atoms with Gasteiger partial charge in [-0.05, 0) is 19.8 Å². The molecule has 78 valence electrons. The Labute approximate surface area is 87.7 Å². The van der Waals surface area contributed by atoms with Gasteiger partial charge in [0.15, 0.2) is 0 Å². The van der Waals surface area contributed by atoms with Crippen molar-refractivity contribution >= 4 is 11.3 Å². The third-order valence-electron chi connectivity index (χ3n) is 2.53. The Morgan fingerprint density at radius 2 is 2.57 bits per heavy atom. The highest BCUT2D eigenvalue weighted by Crippen LogP contribution is 2.30. The van der Waals surface area contributed by atoms with Crippen molar-refractivity contribution in [3.63, 3.8) is 0 Å². The van der Waals surface area contributed by atoms with Gasteiger partial charge >= 0.3 is 0 Å². The van der Waals surface area contributed by atoms with Crippen LogP contribution < -0.4 is 0 Å². The molecule has 1 saturated heterocycles. The molecule has 0 saturated carbocycles. The lowest BCUT2D eigenvalue weighted by Gasteiger charge is -2.25. The molecule has 1 aliphatic rings. The van der Waals surface area contributed by atoms with E-state index < -0.39 is 6.10 Å². The van der Waals surface area contributed by atoms with Crippen LogP contribution in [0.4, 0.5) is 0 Å². The van der Waals surface area contributed by atoms with E-state index in [2.05, 4.69) is 4.98 Å². The molecule has 3 nitrogen and oxygen atoms in total. The first-order valence-electron chi connectivity index (χ1n) is 4.95. The first kappa shape index (κ1) is 10.1. The van der Waals surface area contributed by atoms with Crippen LogP contribution in [-0.4, -0.2) is 23.3 Å². The summed E-state index contributed by atoms with van der Waals surface area (Å²) in [6, 6.07) is 0. The fourth-order valence-corrected chi connectivity index (χ4v) is 2.60. The maximum Gasteiger partial charge on any atom is 0.122 e. The topological polar surface area (TPSA) is 42.4 Å². The highest BCUT2D eigenvalue weighted by atomic mass is 32.1. The van der Waals surface area contributed by atoms with Crippen molar-refractivity contribution in [2.45, 2.75) is 25.9 Å². The Morgan fingerprint density at radius 3 is 3.14 bits per heavy atom. The van der Waals surface area contributed by atoms with Gasteiger partial charge in [0.2, 0.25) is 0 Å². The summed E-state index contributed by atoms with van der Waals surface area (Å²) in [6.07, 6.45) is 1.65. The fraction of sp³-hybridized carbons (Fsp3) is 0.700. The zero-order valence-corrected chi connectivity index (χ0v) is 9.09. The van der Waals surface area contributed by atoms with E-state index in [4.69, 9.17) is 4.74 Å². The largest absolute Gasteiger partial charge is 0.386 e. The van der Waals surface area contributed by atoms with E-state index >= 15 is 0 Å². The SMILES string of the molecule is Cc1csc(C(O)C2CCCOC2)n1. The summed E-state index contributed by atoms with van der Waals surface area (Å²) in [7, 11) is 0. The van der Waals surface area contributed by atoms with Crippen LogP contribution in [0.3, 0.4) is 0 Å². The number of ether oxygens (including phenoxy) is 1. The summed E-state index contributed by atoms with van der Waals surface area (Å²) < 4.78 is 5.35. The van der Waals surface area contributed by atoms with Gasteiger partial charge in [0.25, 0.3) is 0 Å². The number of thiazole rings is 1. The monoisotopic (exact) mass is 213 g/mol. The van der Waals surface area contributed by atoms with Crippen molar-refractivity contribution < 1.29 is 9.84 Å². The third kappa shape index (κ3) is 2.13. The van der Waals surface area contributed by atoms with Gasteiger partial charge in [0.1, 0.15) is 11.1 Å². The quantitative estimate of drug-likeness (QED) is 0.816. The van der Waals surface area contributed by atoms with Crippen LogP contribution in [0.15, 0.2) is 5.38 Å². The Kier molecular flexibility index (Phi) is 3.15. The van der Waals surface area contributed by atoms with Crippen molar-refractivity contribution in [3.05, 3.63) is 16.1 Å². The van der Waals surface area contributed by atoms with Crippen molar-refractivity contribution in [3.8, 4) is 0 Å². The normalized spacial score (nSPS) is 24.9. The van der Waals surface area contributed by atoms with E-state index in [0.29, 0.717) is 6.61 Å². The molecule has 1 N–H and O–H groups in total. The predicted molar refractivity (Wildman–Crippen MR) is 55.4 cm³/mol. The lowest BCUT2D eigenvalue weighted by molar-refractivity contribution is -0.0101. The molecule has 2 heterocycles. The number of hydrogen-bond donors (Lipinski definition) is 1. The van der Waals surface area contributed by atoms with Crippen LogP contribution in [-0.2, 0) is 4.74 Å². The minimum Gasteiger partial charge on any atom is -0.386 e. The van der Waals surface area contributed by atoms with Gasteiger partial charge in [0, 0.05) is 23.6 Å². The zero-order valence-electron chi connectivity index (χ0n) is 8.27. The van der Waals surface area contributed by atoms with Crippen molar-refractivity contribution in [2.24, 2.45) is 5.92 Å². The maximum absolute atomic E-state index is 10.0. The van der Waals surface area contributed by atoms with Gasteiger partial charge in [0.05, 0.1) is 6.61 Å². The Balaban J connectivity index is 2.03. The molecule has 2 unspecified atom stereocenters. The molecule has 0 aromatic carbocycles. The minimum atomic E-state index is -0.436. The van der Waals surface area contributed by atoms with Crippen LogP contribution in [0.25, 0.3) is 0 Å². The Hall–Kier alpha value is -0.450. The van der Waals surface area contributed by atoms with Gasteiger partial charge in [-0.15, -0.1) is 11.3 Å². The molecule has 0 aliphatic carbocycles. The summed E-state index contributed by atoms with van der Waals surface area (Å²) in [5.41, 5.74) is 0.987. The Bertz CT molecular complexity index is 294. The molecular formula is C10H15NO2S. The van der Waals surface area contributed by atoms with Gasteiger partial charge < -0.3 is 9.84 Å². The summed E-state index contributed by atoms with van der Waals surface area (Å²) in [5, 5.41) is 12.8. The molecule has 1 fully saturated rings. The molecule has 1 aromatic rings. The fourth-order valence-electron chi connectivity index (χ4n) is 1.72. The van der Waals surface area contributed by atoms with Gasteiger partial charge in [-0.3, -0.25) is 0 Å². The average molecular weight is 213 g/mol. The number of nitrogens with zero attached hydrogens (tertiary/aromatic N) is 1. The molecule has 0 amide bonds. The molecule has 1 aliphatic heterocycles. The van der Waals surface area contributed by atoms with E-state index in [-0.39, 0.29) is 5.92 Å². The number of aliphatic hydroxyl groups excluding tert-OH is 1. The van der Waals surface area contributed by atoms with E-state index in [1.54, 1.807) is 0 Å². The lowest BCUT2D eigenvalue weighted by atomic mass is 9.96. The summed E-state index contributed by atoms with van der Waals surface area (Å²) in [4.78, 5) is 4.30.